The van der Waals surface area contributed by atoms with Crippen LogP contribution < -0.4 is 11.1 Å². The van der Waals surface area contributed by atoms with E-state index in [-0.39, 0.29) is 29.7 Å². The lowest BCUT2D eigenvalue weighted by Gasteiger charge is -2.33. The second kappa shape index (κ2) is 7.64. The van der Waals surface area contributed by atoms with Crippen LogP contribution in [0.4, 0.5) is 9.18 Å². The minimum atomic E-state index is -0.326. The van der Waals surface area contributed by atoms with Crippen molar-refractivity contribution in [2.75, 3.05) is 13.1 Å². The molecule has 1 aromatic carbocycles. The van der Waals surface area contributed by atoms with Crippen molar-refractivity contribution < 1.29 is 14.0 Å². The lowest BCUT2D eigenvalue weighted by Crippen LogP contribution is -2.46. The summed E-state index contributed by atoms with van der Waals surface area (Å²) in [7, 11) is 0. The molecule has 1 aliphatic rings. The first-order valence-electron chi connectivity index (χ1n) is 8.38. The Morgan fingerprint density at radius 2 is 2.00 bits per heavy atom. The minimum absolute atomic E-state index is 0.132. The van der Waals surface area contributed by atoms with Crippen molar-refractivity contribution in [3.63, 3.8) is 0 Å². The van der Waals surface area contributed by atoms with Gasteiger partial charge in [0.05, 0.1) is 6.04 Å². The molecule has 1 heterocycles. The molecule has 2 atom stereocenters. The summed E-state index contributed by atoms with van der Waals surface area (Å²) in [6.45, 7) is 6.55. The van der Waals surface area contributed by atoms with Gasteiger partial charge in [0, 0.05) is 19.5 Å². The molecule has 1 saturated heterocycles. The molecule has 24 heavy (non-hydrogen) atoms. The van der Waals surface area contributed by atoms with Gasteiger partial charge in [0.1, 0.15) is 5.82 Å². The summed E-state index contributed by atoms with van der Waals surface area (Å²) in [4.78, 5) is 25.3. The third-order valence-corrected chi connectivity index (χ3v) is 4.59. The van der Waals surface area contributed by atoms with Gasteiger partial charge in [-0.05, 0) is 56.2 Å². The number of hydrogen-bond acceptors (Lipinski definition) is 2. The van der Waals surface area contributed by atoms with Gasteiger partial charge in [0.2, 0.25) is 5.91 Å². The molecule has 0 aliphatic carbocycles. The first kappa shape index (κ1) is 18.2. The van der Waals surface area contributed by atoms with Crippen molar-refractivity contribution >= 4 is 11.9 Å². The highest BCUT2D eigenvalue weighted by Gasteiger charge is 2.25. The van der Waals surface area contributed by atoms with Gasteiger partial charge in [-0.1, -0.05) is 12.1 Å². The molecule has 3 N–H and O–H groups in total. The zero-order valence-corrected chi connectivity index (χ0v) is 14.6. The number of nitrogens with one attached hydrogen (secondary N) is 1. The Morgan fingerprint density at radius 1 is 1.38 bits per heavy atom. The van der Waals surface area contributed by atoms with Crippen molar-refractivity contribution in [3.05, 3.63) is 34.6 Å². The van der Waals surface area contributed by atoms with Gasteiger partial charge in [0.25, 0.3) is 0 Å². The molecule has 1 fully saturated rings. The van der Waals surface area contributed by atoms with Gasteiger partial charge in [-0.3, -0.25) is 4.79 Å². The number of carbonyl (C=O) groups excluding carboxylic acids is 2. The van der Waals surface area contributed by atoms with Crippen molar-refractivity contribution in [3.8, 4) is 0 Å². The Balaban J connectivity index is 1.99. The number of piperidine rings is 1. The highest BCUT2D eigenvalue weighted by Crippen LogP contribution is 2.22. The number of nitrogens with zero attached hydrogens (tertiary/aromatic N) is 1. The fraction of sp³-hybridized carbons (Fsp3) is 0.556. The van der Waals surface area contributed by atoms with Crippen molar-refractivity contribution in [1.29, 1.82) is 0 Å². The van der Waals surface area contributed by atoms with E-state index in [0.29, 0.717) is 30.6 Å². The molecule has 0 aromatic heterocycles. The van der Waals surface area contributed by atoms with Gasteiger partial charge < -0.3 is 16.0 Å². The molecule has 6 heteroatoms. The van der Waals surface area contributed by atoms with Crippen molar-refractivity contribution in [1.82, 2.24) is 10.2 Å². The largest absolute Gasteiger partial charge is 0.370 e. The van der Waals surface area contributed by atoms with E-state index >= 15 is 0 Å². The third-order valence-electron chi connectivity index (χ3n) is 4.59. The van der Waals surface area contributed by atoms with Crippen LogP contribution in [-0.2, 0) is 4.79 Å². The number of primary amides is 1. The number of nitrogens with two attached hydrogens (primary N) is 1. The van der Waals surface area contributed by atoms with E-state index in [2.05, 4.69) is 5.32 Å². The standard InChI is InChI=1S/C18H26FN3O2/c1-11-7-15(8-12(2)17(11)19)13(3)21-18(24)22-6-4-5-14(10-22)9-16(20)23/h7-8,13-14H,4-6,9-10H2,1-3H3,(H2,20,23)(H,21,24)/t13-,14-/m0/s1. The number of likely N-dealkylation sites (tertiary alicyclic amines) is 1. The maximum Gasteiger partial charge on any atom is 0.317 e. The smallest absolute Gasteiger partial charge is 0.317 e. The summed E-state index contributed by atoms with van der Waals surface area (Å²) >= 11 is 0. The average Bonchev–Trinajstić information content (AvgIpc) is 2.51. The van der Waals surface area contributed by atoms with Crippen LogP contribution in [-0.4, -0.2) is 29.9 Å². The number of halogens is 1. The van der Waals surface area contributed by atoms with E-state index in [4.69, 9.17) is 5.73 Å². The van der Waals surface area contributed by atoms with E-state index in [1.807, 2.05) is 6.92 Å². The van der Waals surface area contributed by atoms with Gasteiger partial charge in [-0.25, -0.2) is 9.18 Å². The Hall–Kier alpha value is -2.11. The Bertz CT molecular complexity index is 610. The summed E-state index contributed by atoms with van der Waals surface area (Å²) in [5.74, 6) is -0.400. The molecule has 5 nitrogen and oxygen atoms in total. The number of urea groups is 1. The molecule has 0 unspecified atom stereocenters. The van der Waals surface area contributed by atoms with Gasteiger partial charge >= 0.3 is 6.03 Å². The molecular weight excluding hydrogens is 309 g/mol. The summed E-state index contributed by atoms with van der Waals surface area (Å²) in [6.07, 6.45) is 2.10. The van der Waals surface area contributed by atoms with E-state index in [1.165, 1.54) is 0 Å². The van der Waals surface area contributed by atoms with Crippen LogP contribution in [0.15, 0.2) is 12.1 Å². The lowest BCUT2D eigenvalue weighted by molar-refractivity contribution is -0.119. The molecule has 1 aromatic rings. The van der Waals surface area contributed by atoms with E-state index in [9.17, 15) is 14.0 Å². The van der Waals surface area contributed by atoms with Crippen molar-refractivity contribution in [2.24, 2.45) is 11.7 Å². The summed E-state index contributed by atoms with van der Waals surface area (Å²) in [5.41, 5.74) is 7.28. The summed E-state index contributed by atoms with van der Waals surface area (Å²) in [5, 5.41) is 2.96. The van der Waals surface area contributed by atoms with Gasteiger partial charge in [-0.2, -0.15) is 0 Å². The molecule has 0 bridgehead atoms. The molecule has 0 saturated carbocycles. The molecule has 3 amide bonds. The minimum Gasteiger partial charge on any atom is -0.370 e. The van der Waals surface area contributed by atoms with Crippen LogP contribution >= 0.6 is 0 Å². The summed E-state index contributed by atoms with van der Waals surface area (Å²) in [6, 6.07) is 3.15. The molecule has 1 aliphatic heterocycles. The molecule has 0 spiro atoms. The van der Waals surface area contributed by atoms with Crippen LogP contribution in [0.2, 0.25) is 0 Å². The van der Waals surface area contributed by atoms with Crippen LogP contribution in [0.25, 0.3) is 0 Å². The molecule has 0 radical (unpaired) electrons. The fourth-order valence-electron chi connectivity index (χ4n) is 3.29. The topological polar surface area (TPSA) is 75.4 Å². The quantitative estimate of drug-likeness (QED) is 0.888. The first-order chi connectivity index (χ1) is 11.3. The zero-order chi connectivity index (χ0) is 17.9. The van der Waals surface area contributed by atoms with E-state index < -0.39 is 0 Å². The normalized spacial score (nSPS) is 19.0. The molecule has 2 rings (SSSR count). The van der Waals surface area contributed by atoms with Crippen LogP contribution in [0, 0.1) is 25.6 Å². The number of carbonyl (C=O) groups is 2. The predicted molar refractivity (Wildman–Crippen MR) is 90.9 cm³/mol. The number of amides is 3. The number of aryl methyl sites for hydroxylation is 2. The van der Waals surface area contributed by atoms with Crippen molar-refractivity contribution in [2.45, 2.75) is 46.1 Å². The monoisotopic (exact) mass is 335 g/mol. The Morgan fingerprint density at radius 3 is 2.58 bits per heavy atom. The fourth-order valence-corrected chi connectivity index (χ4v) is 3.29. The van der Waals surface area contributed by atoms with Crippen LogP contribution in [0.1, 0.15) is 48.9 Å². The first-order valence-corrected chi connectivity index (χ1v) is 8.38. The number of benzene rings is 1. The highest BCUT2D eigenvalue weighted by atomic mass is 19.1. The summed E-state index contributed by atoms with van der Waals surface area (Å²) < 4.78 is 13.7. The average molecular weight is 335 g/mol. The van der Waals surface area contributed by atoms with Gasteiger partial charge in [0.15, 0.2) is 0 Å². The molecule has 132 valence electrons. The maximum atomic E-state index is 13.7. The number of hydrogen-bond donors (Lipinski definition) is 2. The Labute approximate surface area is 142 Å². The maximum absolute atomic E-state index is 13.7. The van der Waals surface area contributed by atoms with E-state index in [0.717, 1.165) is 18.4 Å². The van der Waals surface area contributed by atoms with Crippen LogP contribution in [0.3, 0.4) is 0 Å². The molecular formula is C18H26FN3O2. The Kier molecular flexibility index (Phi) is 5.80. The third kappa shape index (κ3) is 4.46. The van der Waals surface area contributed by atoms with Crippen LogP contribution in [0.5, 0.6) is 0 Å². The lowest BCUT2D eigenvalue weighted by atomic mass is 9.95. The second-order valence-electron chi connectivity index (χ2n) is 6.76. The predicted octanol–water partition coefficient (Wildman–Crippen LogP) is 2.80. The number of rotatable bonds is 4. The zero-order valence-electron chi connectivity index (χ0n) is 14.6. The SMILES string of the molecule is Cc1cc([C@H](C)NC(=O)N2CCC[C@@H](CC(N)=O)C2)cc(C)c1F. The van der Waals surface area contributed by atoms with E-state index in [1.54, 1.807) is 30.9 Å². The highest BCUT2D eigenvalue weighted by molar-refractivity contribution is 5.76. The second-order valence-corrected chi connectivity index (χ2v) is 6.76. The van der Waals surface area contributed by atoms with Gasteiger partial charge in [-0.15, -0.1) is 0 Å².